The highest BCUT2D eigenvalue weighted by atomic mass is 35.5. The van der Waals surface area contributed by atoms with Crippen LogP contribution in [0.4, 0.5) is 21.5 Å². The molecule has 3 aliphatic rings. The molecule has 3 saturated carbocycles. The number of aromatic carboxylic acids is 3. The van der Waals surface area contributed by atoms with Crippen LogP contribution in [0.1, 0.15) is 108 Å². The van der Waals surface area contributed by atoms with Crippen LogP contribution >= 0.6 is 11.6 Å². The summed E-state index contributed by atoms with van der Waals surface area (Å²) in [4.78, 5) is 68.0. The number of hydrogen-bond acceptors (Lipinski definition) is 7. The van der Waals surface area contributed by atoms with Gasteiger partial charge in [0.1, 0.15) is 11.6 Å². The Morgan fingerprint density at radius 1 is 0.600 bits per heavy atom. The van der Waals surface area contributed by atoms with E-state index in [2.05, 4.69) is 16.0 Å². The first-order chi connectivity index (χ1) is 26.3. The molecule has 13 nitrogen and oxygen atoms in total. The van der Waals surface area contributed by atoms with Crippen molar-refractivity contribution >= 4 is 64.3 Å². The Balaban J connectivity index is 0.000000184. The van der Waals surface area contributed by atoms with Crippen molar-refractivity contribution in [1.82, 2.24) is 0 Å². The van der Waals surface area contributed by atoms with E-state index < -0.39 is 29.3 Å². The molecule has 0 radical (unpaired) electrons. The van der Waals surface area contributed by atoms with Gasteiger partial charge in [-0.2, -0.15) is 0 Å². The molecule has 0 saturated heterocycles. The van der Waals surface area contributed by atoms with Gasteiger partial charge in [0, 0.05) is 29.1 Å². The van der Waals surface area contributed by atoms with Crippen molar-refractivity contribution in [2.45, 2.75) is 77.0 Å². The third-order valence-electron chi connectivity index (χ3n) is 9.82. The molecule has 0 spiro atoms. The third kappa shape index (κ3) is 12.3. The number of nitrogens with one attached hydrogen (secondary N) is 3. The third-order valence-corrected chi connectivity index (χ3v) is 10.1. The predicted molar refractivity (Wildman–Crippen MR) is 203 cm³/mol. The average molecular weight is 782 g/mol. The van der Waals surface area contributed by atoms with Crippen LogP contribution in [0.3, 0.4) is 0 Å². The van der Waals surface area contributed by atoms with Gasteiger partial charge in [0.15, 0.2) is 0 Å². The maximum absolute atomic E-state index is 13.4. The molecular weight excluding hydrogens is 737 g/mol. The number of carbonyl (C=O) groups is 6. The first-order valence-electron chi connectivity index (χ1n) is 18.2. The Morgan fingerprint density at radius 3 is 1.44 bits per heavy atom. The summed E-state index contributed by atoms with van der Waals surface area (Å²) in [6.45, 7) is 0. The zero-order chi connectivity index (χ0) is 40.1. The van der Waals surface area contributed by atoms with E-state index in [0.717, 1.165) is 89.2 Å². The summed E-state index contributed by atoms with van der Waals surface area (Å²) in [5.74, 6) is -3.90. The number of carboxylic acid groups (broad SMARTS) is 3. The number of rotatable bonds is 10. The second-order valence-electron chi connectivity index (χ2n) is 13.6. The Morgan fingerprint density at radius 2 is 1.04 bits per heavy atom. The fourth-order valence-corrected chi connectivity index (χ4v) is 7.01. The molecule has 294 valence electrons. The lowest BCUT2D eigenvalue weighted by Gasteiger charge is -2.13. The van der Waals surface area contributed by atoms with Crippen LogP contribution in [0, 0.1) is 23.6 Å². The molecule has 3 aliphatic carbocycles. The van der Waals surface area contributed by atoms with Crippen molar-refractivity contribution in [2.24, 2.45) is 17.8 Å². The number of hydrogen-bond donors (Lipinski definition) is 6. The topological polar surface area (TPSA) is 208 Å². The van der Waals surface area contributed by atoms with Crippen molar-refractivity contribution < 1.29 is 53.2 Å². The molecule has 3 aromatic carbocycles. The summed E-state index contributed by atoms with van der Waals surface area (Å²) in [5, 5.41) is 34.8. The molecule has 0 aliphatic heterocycles. The number of benzene rings is 3. The van der Waals surface area contributed by atoms with Gasteiger partial charge in [0.25, 0.3) is 0 Å². The Bertz CT molecular complexity index is 1800. The molecule has 3 aromatic rings. The first kappa shape index (κ1) is 42.2. The van der Waals surface area contributed by atoms with Crippen LogP contribution in [0.2, 0.25) is 5.02 Å². The van der Waals surface area contributed by atoms with E-state index in [1.807, 2.05) is 0 Å². The lowest BCUT2D eigenvalue weighted by atomic mass is 10.1. The van der Waals surface area contributed by atoms with Gasteiger partial charge in [0.2, 0.25) is 17.7 Å². The summed E-state index contributed by atoms with van der Waals surface area (Å²) < 4.78 is 18.5. The van der Waals surface area contributed by atoms with Gasteiger partial charge in [-0.15, -0.1) is 0 Å². The molecule has 0 aromatic heterocycles. The monoisotopic (exact) mass is 781 g/mol. The van der Waals surface area contributed by atoms with E-state index >= 15 is 0 Å². The normalized spacial score (nSPS) is 15.5. The Kier molecular flexibility index (Phi) is 15.6. The predicted octanol–water partition coefficient (Wildman–Crippen LogP) is 8.34. The lowest BCUT2D eigenvalue weighted by Crippen LogP contribution is -2.20. The van der Waals surface area contributed by atoms with Crippen molar-refractivity contribution in [1.29, 1.82) is 0 Å². The lowest BCUT2D eigenvalue weighted by molar-refractivity contribution is -0.120. The van der Waals surface area contributed by atoms with Crippen LogP contribution < -0.4 is 20.7 Å². The standard InChI is InChI=1S/C14H17NO4.C13H14ClNO3.C13H14FNO3/c1-19-12-8-10(14(17)18)6-7-11(12)15-13(16)9-4-2-3-5-9;2*14-11-7-9(5-6-10(11)13(17)18)15-12(16)8-3-1-2-4-8/h6-9H,2-5H2,1H3,(H,15,16)(H,17,18);2*5-8H,1-4H2,(H,15,16)(H,17,18). The molecule has 0 heterocycles. The molecule has 55 heavy (non-hydrogen) atoms. The van der Waals surface area contributed by atoms with E-state index in [0.29, 0.717) is 22.8 Å². The number of ether oxygens (including phenoxy) is 1. The second kappa shape index (κ2) is 20.3. The van der Waals surface area contributed by atoms with E-state index in [1.54, 1.807) is 12.1 Å². The maximum Gasteiger partial charge on any atom is 0.338 e. The number of carbonyl (C=O) groups excluding carboxylic acids is 3. The summed E-state index contributed by atoms with van der Waals surface area (Å²) in [5.41, 5.74) is 1.14. The van der Waals surface area contributed by atoms with E-state index in [-0.39, 0.29) is 51.6 Å². The van der Waals surface area contributed by atoms with Gasteiger partial charge in [0.05, 0.1) is 34.5 Å². The van der Waals surface area contributed by atoms with Crippen molar-refractivity contribution in [3.63, 3.8) is 0 Å². The SMILES string of the molecule is COc1cc(C(=O)O)ccc1NC(=O)C1CCCC1.O=C(O)c1ccc(NC(=O)C2CCCC2)cc1Cl.O=C(O)c1ccc(NC(=O)C2CCCC2)cc1F. The van der Waals surface area contributed by atoms with Crippen LogP contribution in [-0.2, 0) is 14.4 Å². The van der Waals surface area contributed by atoms with Crippen molar-refractivity contribution in [3.8, 4) is 5.75 Å². The summed E-state index contributed by atoms with van der Waals surface area (Å²) in [6.07, 6.45) is 11.9. The van der Waals surface area contributed by atoms with E-state index in [1.165, 1.54) is 37.4 Å². The number of halogens is 2. The largest absolute Gasteiger partial charge is 0.495 e. The van der Waals surface area contributed by atoms with Crippen molar-refractivity contribution in [2.75, 3.05) is 23.1 Å². The number of carboxylic acids is 3. The summed E-state index contributed by atoms with van der Waals surface area (Å²) in [6, 6.07) is 12.4. The van der Waals surface area contributed by atoms with Gasteiger partial charge >= 0.3 is 17.9 Å². The van der Waals surface area contributed by atoms with Gasteiger partial charge in [-0.1, -0.05) is 50.1 Å². The minimum Gasteiger partial charge on any atom is -0.495 e. The van der Waals surface area contributed by atoms with Crippen LogP contribution in [0.15, 0.2) is 54.6 Å². The van der Waals surface area contributed by atoms with Crippen LogP contribution in [-0.4, -0.2) is 58.1 Å². The smallest absolute Gasteiger partial charge is 0.338 e. The fourth-order valence-electron chi connectivity index (χ4n) is 6.75. The van der Waals surface area contributed by atoms with E-state index in [9.17, 15) is 33.2 Å². The number of methoxy groups -OCH3 is 1. The summed E-state index contributed by atoms with van der Waals surface area (Å²) in [7, 11) is 1.45. The zero-order valence-corrected chi connectivity index (χ0v) is 31.1. The minimum atomic E-state index is -1.32. The molecular formula is C40H45ClFN3O10. The average Bonchev–Trinajstić information content (AvgIpc) is 3.97. The number of anilines is 3. The van der Waals surface area contributed by atoms with Gasteiger partial charge in [-0.25, -0.2) is 18.8 Å². The Labute approximate surface area is 322 Å². The molecule has 6 N–H and O–H groups in total. The van der Waals surface area contributed by atoms with Gasteiger partial charge < -0.3 is 36.0 Å². The Hall–Kier alpha value is -5.50. The molecule has 3 amide bonds. The minimum absolute atomic E-state index is 0.00721. The van der Waals surface area contributed by atoms with Crippen LogP contribution in [0.25, 0.3) is 0 Å². The van der Waals surface area contributed by atoms with Crippen LogP contribution in [0.5, 0.6) is 5.75 Å². The quantitative estimate of drug-likeness (QED) is 0.116. The molecule has 0 atom stereocenters. The van der Waals surface area contributed by atoms with Gasteiger partial charge in [-0.05, 0) is 93.1 Å². The highest BCUT2D eigenvalue weighted by Gasteiger charge is 2.25. The fraction of sp³-hybridized carbons (Fsp3) is 0.400. The first-order valence-corrected chi connectivity index (χ1v) is 18.5. The molecule has 0 bridgehead atoms. The molecule has 3 fully saturated rings. The molecule has 6 rings (SSSR count). The molecule has 0 unspecified atom stereocenters. The van der Waals surface area contributed by atoms with E-state index in [4.69, 9.17) is 31.7 Å². The maximum atomic E-state index is 13.4. The highest BCUT2D eigenvalue weighted by molar-refractivity contribution is 6.33. The summed E-state index contributed by atoms with van der Waals surface area (Å²) >= 11 is 5.84. The van der Waals surface area contributed by atoms with Crippen molar-refractivity contribution in [3.05, 3.63) is 82.1 Å². The zero-order valence-electron chi connectivity index (χ0n) is 30.4. The van der Waals surface area contributed by atoms with Gasteiger partial charge in [-0.3, -0.25) is 14.4 Å². The molecule has 15 heteroatoms. The number of amides is 3. The second-order valence-corrected chi connectivity index (χ2v) is 14.0. The highest BCUT2D eigenvalue weighted by Crippen LogP contribution is 2.31.